The van der Waals surface area contributed by atoms with Gasteiger partial charge >= 0.3 is 0 Å². The molecular weight excluding hydrogens is 554 g/mol. The number of methoxy groups -OCH3 is 2. The summed E-state index contributed by atoms with van der Waals surface area (Å²) in [4.78, 5) is 29.0. The topological polar surface area (TPSA) is 105 Å². The van der Waals surface area contributed by atoms with E-state index in [1.54, 1.807) is 36.4 Å². The summed E-state index contributed by atoms with van der Waals surface area (Å²) in [5, 5.41) is 2.94. The number of para-hydroxylation sites is 2. The number of carbonyl (C=O) groups is 2. The lowest BCUT2D eigenvalue weighted by Gasteiger charge is -2.33. The van der Waals surface area contributed by atoms with Crippen molar-refractivity contribution in [3.63, 3.8) is 0 Å². The number of unbranched alkanes of at least 4 members (excludes halogenated alkanes) is 1. The number of sulfonamides is 1. The fourth-order valence-electron chi connectivity index (χ4n) is 4.62. The molecule has 0 fully saturated rings. The first-order valence-electron chi connectivity index (χ1n) is 14.1. The second kappa shape index (κ2) is 15.3. The van der Waals surface area contributed by atoms with Gasteiger partial charge in [-0.3, -0.25) is 13.9 Å². The smallest absolute Gasteiger partial charge is 0.264 e. The number of nitrogens with one attached hydrogen (secondary N) is 1. The van der Waals surface area contributed by atoms with E-state index in [0.717, 1.165) is 28.3 Å². The van der Waals surface area contributed by atoms with Gasteiger partial charge in [0, 0.05) is 13.1 Å². The maximum atomic E-state index is 14.2. The van der Waals surface area contributed by atoms with E-state index in [0.29, 0.717) is 18.7 Å². The number of amides is 2. The molecule has 3 rings (SSSR count). The molecule has 42 heavy (non-hydrogen) atoms. The van der Waals surface area contributed by atoms with Gasteiger partial charge in [-0.25, -0.2) is 8.42 Å². The molecule has 3 aromatic rings. The molecule has 0 saturated heterocycles. The van der Waals surface area contributed by atoms with Gasteiger partial charge in [-0.1, -0.05) is 56.7 Å². The number of anilines is 1. The van der Waals surface area contributed by atoms with Crippen molar-refractivity contribution in [3.05, 3.63) is 83.9 Å². The standard InChI is InChI=1S/C32H41N3O6S/c1-6-8-21-33-32(37)28(7-2)34(22-25-14-10-9-13-24(25)3)31(36)23-35(29-15-11-12-16-30(29)41-5)42(38,39)27-19-17-26(40-4)18-20-27/h9-20,28H,6-8,21-23H2,1-5H3,(H,33,37)/t28-/m1/s1. The van der Waals surface area contributed by atoms with Gasteiger partial charge in [-0.05, 0) is 67.3 Å². The lowest BCUT2D eigenvalue weighted by Crippen LogP contribution is -2.52. The molecule has 0 aromatic heterocycles. The molecule has 0 saturated carbocycles. The first kappa shape index (κ1) is 32.5. The fourth-order valence-corrected chi connectivity index (χ4v) is 6.05. The van der Waals surface area contributed by atoms with Gasteiger partial charge in [0.2, 0.25) is 11.8 Å². The van der Waals surface area contributed by atoms with Gasteiger partial charge in [0.1, 0.15) is 24.1 Å². The number of carbonyl (C=O) groups excluding carboxylic acids is 2. The third-order valence-electron chi connectivity index (χ3n) is 7.10. The molecule has 0 aliphatic rings. The van der Waals surface area contributed by atoms with Crippen LogP contribution < -0.4 is 19.1 Å². The Kier molecular flexibility index (Phi) is 11.8. The van der Waals surface area contributed by atoms with Crippen LogP contribution in [0.2, 0.25) is 0 Å². The monoisotopic (exact) mass is 595 g/mol. The molecule has 0 unspecified atom stereocenters. The van der Waals surface area contributed by atoms with Crippen molar-refractivity contribution in [2.45, 2.75) is 57.5 Å². The van der Waals surface area contributed by atoms with Crippen molar-refractivity contribution in [1.82, 2.24) is 10.2 Å². The molecule has 10 heteroatoms. The molecule has 1 atom stereocenters. The quantitative estimate of drug-likeness (QED) is 0.250. The van der Waals surface area contributed by atoms with E-state index in [1.165, 1.54) is 31.3 Å². The summed E-state index contributed by atoms with van der Waals surface area (Å²) in [6.07, 6.45) is 2.09. The van der Waals surface area contributed by atoms with Crippen molar-refractivity contribution in [1.29, 1.82) is 0 Å². The van der Waals surface area contributed by atoms with Crippen LogP contribution >= 0.6 is 0 Å². The van der Waals surface area contributed by atoms with Crippen LogP contribution in [0.3, 0.4) is 0 Å². The zero-order chi connectivity index (χ0) is 30.7. The highest BCUT2D eigenvalue weighted by atomic mass is 32.2. The number of aryl methyl sites for hydroxylation is 1. The summed E-state index contributed by atoms with van der Waals surface area (Å²) in [6, 6.07) is 19.4. The minimum atomic E-state index is -4.24. The number of ether oxygens (including phenoxy) is 2. The minimum absolute atomic E-state index is 0.0168. The van der Waals surface area contributed by atoms with E-state index in [4.69, 9.17) is 9.47 Å². The molecule has 0 heterocycles. The van der Waals surface area contributed by atoms with Crippen LogP contribution in [-0.2, 0) is 26.2 Å². The maximum absolute atomic E-state index is 14.2. The Morgan fingerprint density at radius 1 is 0.905 bits per heavy atom. The molecule has 0 aliphatic carbocycles. The highest BCUT2D eigenvalue weighted by molar-refractivity contribution is 7.92. The summed E-state index contributed by atoms with van der Waals surface area (Å²) in [7, 11) is -1.31. The molecule has 0 bridgehead atoms. The van der Waals surface area contributed by atoms with Gasteiger partial charge in [-0.15, -0.1) is 0 Å². The number of nitrogens with zero attached hydrogens (tertiary/aromatic N) is 2. The van der Waals surface area contributed by atoms with Crippen molar-refractivity contribution in [3.8, 4) is 11.5 Å². The van der Waals surface area contributed by atoms with E-state index in [-0.39, 0.29) is 28.8 Å². The highest BCUT2D eigenvalue weighted by Gasteiger charge is 2.34. The predicted molar refractivity (Wildman–Crippen MR) is 164 cm³/mol. The van der Waals surface area contributed by atoms with Crippen LogP contribution in [0, 0.1) is 6.92 Å². The molecule has 0 radical (unpaired) electrons. The number of benzene rings is 3. The Hall–Kier alpha value is -4.05. The summed E-state index contributed by atoms with van der Waals surface area (Å²) in [5.41, 5.74) is 2.04. The SMILES string of the molecule is CCCCNC(=O)[C@@H](CC)N(Cc1ccccc1C)C(=O)CN(c1ccccc1OC)S(=O)(=O)c1ccc(OC)cc1. The lowest BCUT2D eigenvalue weighted by molar-refractivity contribution is -0.140. The van der Waals surface area contributed by atoms with E-state index >= 15 is 0 Å². The normalized spacial score (nSPS) is 11.8. The van der Waals surface area contributed by atoms with E-state index in [2.05, 4.69) is 5.32 Å². The van der Waals surface area contributed by atoms with E-state index in [9.17, 15) is 18.0 Å². The number of hydrogen-bond donors (Lipinski definition) is 1. The minimum Gasteiger partial charge on any atom is -0.497 e. The Labute approximate surface area is 249 Å². The zero-order valence-corrected chi connectivity index (χ0v) is 25.8. The second-order valence-electron chi connectivity index (χ2n) is 9.88. The Morgan fingerprint density at radius 3 is 2.19 bits per heavy atom. The Bertz CT molecular complexity index is 1440. The first-order valence-corrected chi connectivity index (χ1v) is 15.5. The maximum Gasteiger partial charge on any atom is 0.264 e. The van der Waals surface area contributed by atoms with Crippen molar-refractivity contribution in [2.75, 3.05) is 31.6 Å². The largest absolute Gasteiger partial charge is 0.497 e. The Balaban J connectivity index is 2.08. The summed E-state index contributed by atoms with van der Waals surface area (Å²) < 4.78 is 39.9. The van der Waals surface area contributed by atoms with Crippen molar-refractivity contribution < 1.29 is 27.5 Å². The van der Waals surface area contributed by atoms with Gasteiger partial charge in [0.25, 0.3) is 10.0 Å². The third kappa shape index (κ3) is 7.82. The highest BCUT2D eigenvalue weighted by Crippen LogP contribution is 2.33. The summed E-state index contributed by atoms with van der Waals surface area (Å²) >= 11 is 0. The van der Waals surface area contributed by atoms with E-state index < -0.39 is 28.5 Å². The van der Waals surface area contributed by atoms with Crippen LogP contribution in [0.4, 0.5) is 5.69 Å². The average molecular weight is 596 g/mol. The first-order chi connectivity index (χ1) is 20.2. The zero-order valence-electron chi connectivity index (χ0n) is 25.0. The molecule has 2 amide bonds. The van der Waals surface area contributed by atoms with E-state index in [1.807, 2.05) is 45.0 Å². The molecule has 3 aromatic carbocycles. The molecular formula is C32H41N3O6S. The van der Waals surface area contributed by atoms with Gasteiger partial charge in [-0.2, -0.15) is 0 Å². The molecule has 9 nitrogen and oxygen atoms in total. The Morgan fingerprint density at radius 2 is 1.57 bits per heavy atom. The van der Waals surface area contributed by atoms with Gasteiger partial charge in [0.05, 0.1) is 24.8 Å². The molecule has 1 N–H and O–H groups in total. The lowest BCUT2D eigenvalue weighted by atomic mass is 10.1. The predicted octanol–water partition coefficient (Wildman–Crippen LogP) is 4.93. The van der Waals surface area contributed by atoms with Crippen LogP contribution in [0.15, 0.2) is 77.7 Å². The van der Waals surface area contributed by atoms with Crippen LogP contribution in [0.1, 0.15) is 44.2 Å². The van der Waals surface area contributed by atoms with Crippen LogP contribution in [0.25, 0.3) is 0 Å². The summed E-state index contributed by atoms with van der Waals surface area (Å²) in [5.74, 6) is 0.00353. The number of rotatable bonds is 15. The molecule has 226 valence electrons. The van der Waals surface area contributed by atoms with Crippen molar-refractivity contribution >= 4 is 27.5 Å². The fraction of sp³-hybridized carbons (Fsp3) is 0.375. The molecule has 0 aliphatic heterocycles. The van der Waals surface area contributed by atoms with Gasteiger partial charge in [0.15, 0.2) is 0 Å². The number of hydrogen-bond acceptors (Lipinski definition) is 6. The van der Waals surface area contributed by atoms with Gasteiger partial charge < -0.3 is 19.7 Å². The summed E-state index contributed by atoms with van der Waals surface area (Å²) in [6.45, 7) is 5.92. The van der Waals surface area contributed by atoms with Crippen molar-refractivity contribution in [2.24, 2.45) is 0 Å². The molecule has 0 spiro atoms. The van der Waals surface area contributed by atoms with Crippen LogP contribution in [0.5, 0.6) is 11.5 Å². The average Bonchev–Trinajstić information content (AvgIpc) is 3.00. The second-order valence-corrected chi connectivity index (χ2v) is 11.7. The third-order valence-corrected chi connectivity index (χ3v) is 8.87. The van der Waals surface area contributed by atoms with Crippen LogP contribution in [-0.4, -0.2) is 58.5 Å².